The van der Waals surface area contributed by atoms with Gasteiger partial charge in [0.25, 0.3) is 5.91 Å². The molecule has 2 atom stereocenters. The zero-order valence-electron chi connectivity index (χ0n) is 19.0. The van der Waals surface area contributed by atoms with Crippen LogP contribution in [0.1, 0.15) is 41.7 Å². The number of aromatic nitrogens is 3. The Bertz CT molecular complexity index is 1480. The number of anilines is 1. The second-order valence-electron chi connectivity index (χ2n) is 8.73. The molecule has 36 heavy (non-hydrogen) atoms. The maximum Gasteiger partial charge on any atom is 0.270 e. The van der Waals surface area contributed by atoms with E-state index in [0.717, 1.165) is 37.5 Å². The molecule has 1 fully saturated rings. The summed E-state index contributed by atoms with van der Waals surface area (Å²) in [4.78, 5) is 23.6. The van der Waals surface area contributed by atoms with Crippen molar-refractivity contribution >= 4 is 22.6 Å². The van der Waals surface area contributed by atoms with Crippen LogP contribution in [0.25, 0.3) is 22.2 Å². The third kappa shape index (κ3) is 4.60. The van der Waals surface area contributed by atoms with Crippen molar-refractivity contribution in [2.24, 2.45) is 0 Å². The van der Waals surface area contributed by atoms with Crippen LogP contribution in [0.2, 0.25) is 0 Å². The van der Waals surface area contributed by atoms with Crippen LogP contribution in [0.15, 0.2) is 48.8 Å². The van der Waals surface area contributed by atoms with Gasteiger partial charge in [0.1, 0.15) is 23.4 Å². The van der Waals surface area contributed by atoms with Gasteiger partial charge < -0.3 is 15.6 Å². The van der Waals surface area contributed by atoms with Crippen LogP contribution >= 0.6 is 0 Å². The highest BCUT2D eigenvalue weighted by molar-refractivity contribution is 5.96. The molecule has 1 aromatic carbocycles. The third-order valence-corrected chi connectivity index (χ3v) is 6.31. The van der Waals surface area contributed by atoms with Gasteiger partial charge in [0.15, 0.2) is 11.6 Å². The molecule has 1 amide bonds. The first-order valence-corrected chi connectivity index (χ1v) is 11.5. The molecule has 3 heterocycles. The molecule has 3 N–H and O–H groups in total. The van der Waals surface area contributed by atoms with Gasteiger partial charge in [-0.3, -0.25) is 9.78 Å². The summed E-state index contributed by atoms with van der Waals surface area (Å²) < 4.78 is 43.0. The second kappa shape index (κ2) is 9.70. The normalized spacial score (nSPS) is 17.5. The number of aromatic amines is 1. The van der Waals surface area contributed by atoms with Gasteiger partial charge in [-0.25, -0.2) is 18.2 Å². The van der Waals surface area contributed by atoms with E-state index in [-0.39, 0.29) is 51.5 Å². The van der Waals surface area contributed by atoms with Gasteiger partial charge in [-0.15, -0.1) is 0 Å². The van der Waals surface area contributed by atoms with E-state index in [1.807, 2.05) is 6.07 Å². The molecule has 1 saturated carbocycles. The molecule has 5 rings (SSSR count). The summed E-state index contributed by atoms with van der Waals surface area (Å²) >= 11 is 0. The van der Waals surface area contributed by atoms with Crippen LogP contribution in [-0.2, 0) is 0 Å². The summed E-state index contributed by atoms with van der Waals surface area (Å²) in [7, 11) is 0. The minimum atomic E-state index is -0.781. The molecule has 1 aliphatic rings. The summed E-state index contributed by atoms with van der Waals surface area (Å²) in [6, 6.07) is 9.64. The Morgan fingerprint density at radius 1 is 1.11 bits per heavy atom. The summed E-state index contributed by atoms with van der Waals surface area (Å²) in [5.41, 5.74) is 0.715. The zero-order chi connectivity index (χ0) is 25.2. The summed E-state index contributed by atoms with van der Waals surface area (Å²) in [5, 5.41) is 15.8. The van der Waals surface area contributed by atoms with E-state index in [9.17, 15) is 23.2 Å². The van der Waals surface area contributed by atoms with Crippen molar-refractivity contribution in [2.45, 2.75) is 37.8 Å². The van der Waals surface area contributed by atoms with Gasteiger partial charge in [-0.2, -0.15) is 5.26 Å². The van der Waals surface area contributed by atoms with Gasteiger partial charge in [0, 0.05) is 41.5 Å². The molecule has 4 aromatic rings. The van der Waals surface area contributed by atoms with Crippen LogP contribution in [0.3, 0.4) is 0 Å². The van der Waals surface area contributed by atoms with E-state index >= 15 is 0 Å². The highest BCUT2D eigenvalue weighted by atomic mass is 19.1. The fraction of sp³-hybridized carbons (Fsp3) is 0.231. The summed E-state index contributed by atoms with van der Waals surface area (Å²) in [6.45, 7) is 0. The molecular formula is C26H21F3N6O. The minimum absolute atomic E-state index is 0.0623. The Balaban J connectivity index is 1.39. The van der Waals surface area contributed by atoms with E-state index in [2.05, 4.69) is 25.6 Å². The highest BCUT2D eigenvalue weighted by Gasteiger charge is 2.26. The molecule has 182 valence electrons. The van der Waals surface area contributed by atoms with E-state index in [0.29, 0.717) is 12.1 Å². The molecule has 0 unspecified atom stereocenters. The number of benzene rings is 1. The van der Waals surface area contributed by atoms with Crippen LogP contribution in [0.5, 0.6) is 0 Å². The molecule has 7 nitrogen and oxygen atoms in total. The molecule has 0 spiro atoms. The van der Waals surface area contributed by atoms with Crippen molar-refractivity contribution in [2.75, 3.05) is 5.32 Å². The van der Waals surface area contributed by atoms with Crippen molar-refractivity contribution in [3.8, 4) is 17.3 Å². The van der Waals surface area contributed by atoms with E-state index in [4.69, 9.17) is 0 Å². The summed E-state index contributed by atoms with van der Waals surface area (Å²) in [6.07, 6.45) is 5.82. The first-order valence-electron chi connectivity index (χ1n) is 11.5. The fourth-order valence-corrected chi connectivity index (χ4v) is 4.63. The lowest BCUT2D eigenvalue weighted by molar-refractivity contribution is 0.0921. The highest BCUT2D eigenvalue weighted by Crippen LogP contribution is 2.34. The van der Waals surface area contributed by atoms with E-state index in [1.54, 1.807) is 24.4 Å². The standard InChI is InChI=1S/C26H21F3N6O/c27-15-9-18-19(13-32-24(18)20(28)10-15)23-14(12-30)8-21(29)25(35-23)33-16-4-3-5-17(11-16)34-26(36)22-6-1-2-7-31-22/h1-2,6-10,13,16-17,32H,3-5,11H2,(H,33,35)(H,34,36)/t16-,17-/m1/s1. The number of carbonyl (C=O) groups excluding carboxylic acids is 1. The van der Waals surface area contributed by atoms with Crippen molar-refractivity contribution in [1.82, 2.24) is 20.3 Å². The number of hydrogen-bond acceptors (Lipinski definition) is 5. The quantitative estimate of drug-likeness (QED) is 0.362. The Morgan fingerprint density at radius 2 is 1.94 bits per heavy atom. The number of rotatable bonds is 5. The number of amides is 1. The van der Waals surface area contributed by atoms with Gasteiger partial charge >= 0.3 is 0 Å². The van der Waals surface area contributed by atoms with Crippen molar-refractivity contribution in [1.29, 1.82) is 5.26 Å². The number of nitriles is 1. The average molecular weight is 490 g/mol. The number of halogens is 3. The molecule has 10 heteroatoms. The maximum absolute atomic E-state index is 14.9. The fourth-order valence-electron chi connectivity index (χ4n) is 4.63. The number of hydrogen-bond donors (Lipinski definition) is 3. The lowest BCUT2D eigenvalue weighted by Crippen LogP contribution is -2.42. The van der Waals surface area contributed by atoms with Crippen molar-refractivity contribution in [3.63, 3.8) is 0 Å². The molecule has 0 radical (unpaired) electrons. The van der Waals surface area contributed by atoms with Crippen molar-refractivity contribution in [3.05, 3.63) is 77.5 Å². The predicted octanol–water partition coefficient (Wildman–Crippen LogP) is 5.07. The Labute approximate surface area is 204 Å². The lowest BCUT2D eigenvalue weighted by Gasteiger charge is -2.30. The number of H-pyrrole nitrogens is 1. The topological polar surface area (TPSA) is 106 Å². The number of carbonyl (C=O) groups is 1. The molecule has 0 aliphatic heterocycles. The monoisotopic (exact) mass is 490 g/mol. The molecule has 0 bridgehead atoms. The second-order valence-corrected chi connectivity index (χ2v) is 8.73. The van der Waals surface area contributed by atoms with Crippen LogP contribution in [0.4, 0.5) is 19.0 Å². The molecule has 1 aliphatic carbocycles. The lowest BCUT2D eigenvalue weighted by atomic mass is 9.90. The van der Waals surface area contributed by atoms with Gasteiger partial charge in [0.2, 0.25) is 0 Å². The first-order chi connectivity index (χ1) is 17.4. The SMILES string of the molecule is N#Cc1cc(F)c(N[C@@H]2CCC[C@@H](NC(=O)c3ccccn3)C2)nc1-c1c[nH]c2c(F)cc(F)cc12. The Hall–Kier alpha value is -4.39. The molecule has 0 saturated heterocycles. The van der Waals surface area contributed by atoms with Crippen LogP contribution < -0.4 is 10.6 Å². The van der Waals surface area contributed by atoms with Gasteiger partial charge in [-0.1, -0.05) is 6.07 Å². The number of nitrogens with one attached hydrogen (secondary N) is 3. The smallest absolute Gasteiger partial charge is 0.270 e. The van der Waals surface area contributed by atoms with Crippen molar-refractivity contribution < 1.29 is 18.0 Å². The third-order valence-electron chi connectivity index (χ3n) is 6.31. The largest absolute Gasteiger partial charge is 0.365 e. The molecular weight excluding hydrogens is 469 g/mol. The van der Waals surface area contributed by atoms with Crippen LogP contribution in [0, 0.1) is 28.8 Å². The Kier molecular flexibility index (Phi) is 6.29. The number of fused-ring (bicyclic) bond motifs is 1. The number of nitrogens with zero attached hydrogens (tertiary/aromatic N) is 3. The Morgan fingerprint density at radius 3 is 2.72 bits per heavy atom. The van der Waals surface area contributed by atoms with E-state index in [1.165, 1.54) is 6.20 Å². The number of pyridine rings is 2. The maximum atomic E-state index is 14.9. The van der Waals surface area contributed by atoms with Crippen LogP contribution in [-0.4, -0.2) is 32.9 Å². The minimum Gasteiger partial charge on any atom is -0.365 e. The van der Waals surface area contributed by atoms with E-state index < -0.39 is 17.5 Å². The van der Waals surface area contributed by atoms with Gasteiger partial charge in [-0.05, 0) is 49.9 Å². The first kappa shape index (κ1) is 23.4. The zero-order valence-corrected chi connectivity index (χ0v) is 19.0. The average Bonchev–Trinajstić information content (AvgIpc) is 3.29. The molecule has 3 aromatic heterocycles. The summed E-state index contributed by atoms with van der Waals surface area (Å²) in [5.74, 6) is -2.62. The predicted molar refractivity (Wildman–Crippen MR) is 127 cm³/mol. The van der Waals surface area contributed by atoms with Gasteiger partial charge in [0.05, 0.1) is 16.8 Å².